The lowest BCUT2D eigenvalue weighted by atomic mass is 10.1. The zero-order valence-corrected chi connectivity index (χ0v) is 16.9. The predicted octanol–water partition coefficient (Wildman–Crippen LogP) is 3.39. The van der Waals surface area contributed by atoms with Crippen molar-refractivity contribution in [1.29, 1.82) is 0 Å². The quantitative estimate of drug-likeness (QED) is 0.673. The maximum Gasteiger partial charge on any atom is 0.324 e. The zero-order chi connectivity index (χ0) is 20.0. The van der Waals surface area contributed by atoms with Gasteiger partial charge in [0.15, 0.2) is 0 Å². The largest absolute Gasteiger partial charge is 0.497 e. The second-order valence-electron chi connectivity index (χ2n) is 6.25. The van der Waals surface area contributed by atoms with Crippen LogP contribution in [-0.4, -0.2) is 27.5 Å². The fraction of sp³-hybridized carbons (Fsp3) is 0.316. The van der Waals surface area contributed by atoms with E-state index < -0.39 is 22.0 Å². The molecule has 0 fully saturated rings. The molecule has 0 heterocycles. The second-order valence-corrected chi connectivity index (χ2v) is 8.40. The molecule has 0 saturated carbocycles. The molecule has 0 spiro atoms. The summed E-state index contributed by atoms with van der Waals surface area (Å²) < 4.78 is 37.9. The van der Waals surface area contributed by atoms with E-state index in [1.807, 2.05) is 0 Å². The number of sulfonamides is 1. The molecule has 6 nitrogen and oxygen atoms in total. The van der Waals surface area contributed by atoms with Crippen LogP contribution in [-0.2, 0) is 26.2 Å². The Balaban J connectivity index is 2.06. The molecule has 0 bridgehead atoms. The molecule has 0 aliphatic rings. The van der Waals surface area contributed by atoms with E-state index in [-0.39, 0.29) is 17.4 Å². The van der Waals surface area contributed by atoms with Crippen LogP contribution in [0.2, 0.25) is 5.02 Å². The van der Waals surface area contributed by atoms with Crippen molar-refractivity contribution in [3.8, 4) is 5.75 Å². The topological polar surface area (TPSA) is 81.7 Å². The summed E-state index contributed by atoms with van der Waals surface area (Å²) in [6, 6.07) is 11.8. The lowest BCUT2D eigenvalue weighted by Gasteiger charge is -2.21. The Hall–Kier alpha value is -2.09. The van der Waals surface area contributed by atoms with Crippen LogP contribution in [0.25, 0.3) is 0 Å². The van der Waals surface area contributed by atoms with Crippen molar-refractivity contribution in [2.24, 2.45) is 5.92 Å². The molecule has 0 radical (unpaired) electrons. The second kappa shape index (κ2) is 9.21. The molecule has 0 amide bonds. The number of hydrogen-bond acceptors (Lipinski definition) is 5. The first-order chi connectivity index (χ1) is 12.7. The average molecular weight is 412 g/mol. The third-order valence-corrected chi connectivity index (χ3v) is 5.58. The third kappa shape index (κ3) is 5.95. The molecule has 146 valence electrons. The van der Waals surface area contributed by atoms with Gasteiger partial charge in [-0.05, 0) is 47.9 Å². The number of benzene rings is 2. The summed E-state index contributed by atoms with van der Waals surface area (Å²) in [6.45, 7) is 3.52. The molecule has 2 aromatic rings. The minimum Gasteiger partial charge on any atom is -0.497 e. The van der Waals surface area contributed by atoms with Crippen molar-refractivity contribution in [2.75, 3.05) is 7.11 Å². The molecular formula is C19H22ClNO5S. The van der Waals surface area contributed by atoms with Gasteiger partial charge in [0, 0.05) is 5.02 Å². The van der Waals surface area contributed by atoms with Gasteiger partial charge < -0.3 is 9.47 Å². The van der Waals surface area contributed by atoms with E-state index in [1.54, 1.807) is 45.2 Å². The van der Waals surface area contributed by atoms with E-state index in [2.05, 4.69) is 4.72 Å². The van der Waals surface area contributed by atoms with Crippen molar-refractivity contribution in [1.82, 2.24) is 4.72 Å². The van der Waals surface area contributed by atoms with Gasteiger partial charge in [0.05, 0.1) is 12.0 Å². The molecule has 0 saturated heterocycles. The highest BCUT2D eigenvalue weighted by Crippen LogP contribution is 2.17. The molecule has 0 aliphatic carbocycles. The Morgan fingerprint density at radius 3 is 2.19 bits per heavy atom. The van der Waals surface area contributed by atoms with E-state index in [9.17, 15) is 13.2 Å². The number of methoxy groups -OCH3 is 1. The Kier molecular flexibility index (Phi) is 7.24. The predicted molar refractivity (Wildman–Crippen MR) is 103 cm³/mol. The van der Waals surface area contributed by atoms with Gasteiger partial charge in [0.1, 0.15) is 18.4 Å². The highest BCUT2D eigenvalue weighted by atomic mass is 35.5. The summed E-state index contributed by atoms with van der Waals surface area (Å²) in [5.74, 6) is -0.241. The minimum absolute atomic E-state index is 0.0282. The van der Waals surface area contributed by atoms with Crippen molar-refractivity contribution in [2.45, 2.75) is 31.4 Å². The maximum absolute atomic E-state index is 12.5. The normalized spacial score (nSPS) is 12.6. The number of ether oxygens (including phenoxy) is 2. The number of hydrogen-bond donors (Lipinski definition) is 1. The van der Waals surface area contributed by atoms with Gasteiger partial charge in [-0.15, -0.1) is 0 Å². The lowest BCUT2D eigenvalue weighted by molar-refractivity contribution is -0.148. The van der Waals surface area contributed by atoms with Gasteiger partial charge in [0.25, 0.3) is 0 Å². The average Bonchev–Trinajstić information content (AvgIpc) is 2.64. The minimum atomic E-state index is -3.88. The van der Waals surface area contributed by atoms with Crippen LogP contribution in [0.15, 0.2) is 53.4 Å². The van der Waals surface area contributed by atoms with Crippen molar-refractivity contribution in [3.63, 3.8) is 0 Å². The SMILES string of the molecule is COc1ccc(COC(=O)[C@@H](NS(=O)(=O)c2ccc(Cl)cc2)C(C)C)cc1. The number of carbonyl (C=O) groups is 1. The summed E-state index contributed by atoms with van der Waals surface area (Å²) in [7, 11) is -2.32. The Morgan fingerprint density at radius 2 is 1.67 bits per heavy atom. The third-order valence-electron chi connectivity index (χ3n) is 3.87. The molecule has 1 atom stereocenters. The first kappa shape index (κ1) is 21.2. The Labute approximate surface area is 164 Å². The molecule has 0 aromatic heterocycles. The molecule has 0 unspecified atom stereocenters. The van der Waals surface area contributed by atoms with E-state index >= 15 is 0 Å². The van der Waals surface area contributed by atoms with Crippen LogP contribution in [0, 0.1) is 5.92 Å². The van der Waals surface area contributed by atoms with Crippen LogP contribution < -0.4 is 9.46 Å². The smallest absolute Gasteiger partial charge is 0.324 e. The van der Waals surface area contributed by atoms with Gasteiger partial charge in [-0.3, -0.25) is 4.79 Å². The maximum atomic E-state index is 12.5. The van der Waals surface area contributed by atoms with Crippen LogP contribution in [0.4, 0.5) is 0 Å². The monoisotopic (exact) mass is 411 g/mol. The van der Waals surface area contributed by atoms with E-state index in [4.69, 9.17) is 21.1 Å². The summed E-state index contributed by atoms with van der Waals surface area (Å²) >= 11 is 5.79. The van der Waals surface area contributed by atoms with E-state index in [0.29, 0.717) is 10.8 Å². The Morgan fingerprint density at radius 1 is 1.07 bits per heavy atom. The highest BCUT2D eigenvalue weighted by Gasteiger charge is 2.29. The molecule has 27 heavy (non-hydrogen) atoms. The molecular weight excluding hydrogens is 390 g/mol. The summed E-state index contributed by atoms with van der Waals surface area (Å²) in [5.41, 5.74) is 0.771. The van der Waals surface area contributed by atoms with E-state index in [0.717, 1.165) is 5.56 Å². The van der Waals surface area contributed by atoms with Gasteiger partial charge >= 0.3 is 5.97 Å². The van der Waals surface area contributed by atoms with Crippen molar-refractivity contribution in [3.05, 3.63) is 59.1 Å². The number of nitrogens with one attached hydrogen (secondary N) is 1. The molecule has 8 heteroatoms. The molecule has 2 aromatic carbocycles. The van der Waals surface area contributed by atoms with Crippen molar-refractivity contribution >= 4 is 27.6 Å². The van der Waals surface area contributed by atoms with Gasteiger partial charge in [-0.1, -0.05) is 37.6 Å². The molecule has 1 N–H and O–H groups in total. The summed E-state index contributed by atoms with van der Waals surface area (Å²) in [6.07, 6.45) is 0. The van der Waals surface area contributed by atoms with E-state index in [1.165, 1.54) is 24.3 Å². The fourth-order valence-corrected chi connectivity index (χ4v) is 3.73. The number of esters is 1. The molecule has 2 rings (SSSR count). The van der Waals surface area contributed by atoms with Gasteiger partial charge in [0.2, 0.25) is 10.0 Å². The lowest BCUT2D eigenvalue weighted by Crippen LogP contribution is -2.45. The first-order valence-corrected chi connectivity index (χ1v) is 10.2. The number of rotatable bonds is 8. The number of carbonyl (C=O) groups excluding carboxylic acids is 1. The fourth-order valence-electron chi connectivity index (χ4n) is 2.27. The van der Waals surface area contributed by atoms with Crippen LogP contribution in [0.1, 0.15) is 19.4 Å². The van der Waals surface area contributed by atoms with Crippen LogP contribution in [0.3, 0.4) is 0 Å². The highest BCUT2D eigenvalue weighted by molar-refractivity contribution is 7.89. The zero-order valence-electron chi connectivity index (χ0n) is 15.3. The standard InChI is InChI=1S/C19H22ClNO5S/c1-13(2)18(21-27(23,24)17-10-6-15(20)7-11-17)19(22)26-12-14-4-8-16(25-3)9-5-14/h4-11,13,18,21H,12H2,1-3H3/t18-/m0/s1. The summed E-state index contributed by atoms with van der Waals surface area (Å²) in [5, 5.41) is 0.424. The van der Waals surface area contributed by atoms with Crippen LogP contribution in [0.5, 0.6) is 5.75 Å². The van der Waals surface area contributed by atoms with Crippen molar-refractivity contribution < 1.29 is 22.7 Å². The molecule has 0 aliphatic heterocycles. The van der Waals surface area contributed by atoms with Gasteiger partial charge in [-0.2, -0.15) is 4.72 Å². The van der Waals surface area contributed by atoms with Gasteiger partial charge in [-0.25, -0.2) is 8.42 Å². The Bertz CT molecular complexity index is 864. The number of halogens is 1. The first-order valence-electron chi connectivity index (χ1n) is 8.30. The van der Waals surface area contributed by atoms with Crippen LogP contribution >= 0.6 is 11.6 Å². The summed E-state index contributed by atoms with van der Waals surface area (Å²) in [4.78, 5) is 12.5.